The number of benzene rings is 1. The summed E-state index contributed by atoms with van der Waals surface area (Å²) >= 11 is 0. The van der Waals surface area contributed by atoms with E-state index in [1.54, 1.807) is 6.07 Å². The maximum atomic E-state index is 14.3. The fourth-order valence-electron chi connectivity index (χ4n) is 4.51. The van der Waals surface area contributed by atoms with Gasteiger partial charge in [0.15, 0.2) is 11.6 Å². The second-order valence-corrected chi connectivity index (χ2v) is 9.40. The molecule has 33 heavy (non-hydrogen) atoms. The number of rotatable bonds is 10. The van der Waals surface area contributed by atoms with Crippen LogP contribution in [0.1, 0.15) is 39.5 Å². The number of amides is 2. The van der Waals surface area contributed by atoms with Crippen molar-refractivity contribution in [1.29, 1.82) is 0 Å². The van der Waals surface area contributed by atoms with E-state index in [1.807, 2.05) is 19.9 Å². The summed E-state index contributed by atoms with van der Waals surface area (Å²) < 4.78 is 20.0. The third-order valence-electron chi connectivity index (χ3n) is 6.44. The van der Waals surface area contributed by atoms with Crippen molar-refractivity contribution >= 4 is 29.9 Å². The van der Waals surface area contributed by atoms with Gasteiger partial charge in [-0.25, -0.2) is 4.39 Å². The molecular weight excluding hydrogens is 447 g/mol. The molecule has 9 heteroatoms. The number of carbonyl (C=O) groups is 2. The van der Waals surface area contributed by atoms with Gasteiger partial charge in [-0.2, -0.15) is 0 Å². The number of hydrogen-bond acceptors (Lipinski definition) is 6. The average molecular weight is 483 g/mol. The van der Waals surface area contributed by atoms with Gasteiger partial charge in [-0.1, -0.05) is 6.07 Å². The van der Waals surface area contributed by atoms with E-state index in [2.05, 4.69) is 15.1 Å². The van der Waals surface area contributed by atoms with Crippen molar-refractivity contribution in [3.05, 3.63) is 24.0 Å². The lowest BCUT2D eigenvalue weighted by Crippen LogP contribution is -2.47. The van der Waals surface area contributed by atoms with E-state index in [4.69, 9.17) is 4.74 Å². The lowest BCUT2D eigenvalue weighted by atomic mass is 10.1. The Morgan fingerprint density at radius 1 is 1.12 bits per heavy atom. The van der Waals surface area contributed by atoms with Gasteiger partial charge in [0, 0.05) is 51.7 Å². The van der Waals surface area contributed by atoms with Gasteiger partial charge < -0.3 is 15.0 Å². The van der Waals surface area contributed by atoms with E-state index in [9.17, 15) is 14.0 Å². The summed E-state index contributed by atoms with van der Waals surface area (Å²) in [6, 6.07) is 5.62. The molecule has 2 aliphatic heterocycles. The van der Waals surface area contributed by atoms with Gasteiger partial charge in [0.25, 0.3) is 0 Å². The normalized spacial score (nSPS) is 21.6. The van der Waals surface area contributed by atoms with E-state index in [1.165, 1.54) is 23.8 Å². The van der Waals surface area contributed by atoms with Crippen molar-refractivity contribution in [2.45, 2.75) is 51.7 Å². The molecule has 1 unspecified atom stereocenters. The molecule has 0 radical (unpaired) electrons. The number of nitrogens with one attached hydrogen (secondary N) is 1. The zero-order valence-corrected chi connectivity index (χ0v) is 20.4. The second kappa shape index (κ2) is 11.5. The zero-order chi connectivity index (χ0) is 22.7. The van der Waals surface area contributed by atoms with Gasteiger partial charge in [-0.3, -0.25) is 19.4 Å². The van der Waals surface area contributed by atoms with Gasteiger partial charge >= 0.3 is 0 Å². The lowest BCUT2D eigenvalue weighted by molar-refractivity contribution is -0.139. The molecule has 1 aromatic rings. The molecule has 1 saturated carbocycles. The van der Waals surface area contributed by atoms with E-state index >= 15 is 0 Å². The molecule has 3 aliphatic rings. The quantitative estimate of drug-likeness (QED) is 0.517. The van der Waals surface area contributed by atoms with Crippen LogP contribution in [0.5, 0.6) is 5.75 Å². The van der Waals surface area contributed by atoms with E-state index < -0.39 is 0 Å². The van der Waals surface area contributed by atoms with Crippen LogP contribution in [0.4, 0.5) is 10.1 Å². The Morgan fingerprint density at radius 2 is 1.85 bits per heavy atom. The predicted octanol–water partition coefficient (Wildman–Crippen LogP) is 2.67. The minimum atomic E-state index is -0.329. The molecular formula is C24H36ClFN4O3. The standard InChI is InChI=1S/C24H35FN4O3.ClH/c1-17(2)32-23-20(25)5-3-6-21(23)28-13-11-27(12-14-28)9-4-10-29-22(30)15-18(24(29)31)16-26-19-7-8-19;/h3,5-6,17-19,26H,4,7-16H2,1-2H3;1H. The van der Waals surface area contributed by atoms with Crippen molar-refractivity contribution in [1.82, 2.24) is 15.1 Å². The summed E-state index contributed by atoms with van der Waals surface area (Å²) in [5.74, 6) is -0.250. The van der Waals surface area contributed by atoms with Crippen molar-refractivity contribution in [2.75, 3.05) is 50.7 Å². The first-order chi connectivity index (χ1) is 15.4. The summed E-state index contributed by atoms with van der Waals surface area (Å²) in [6.07, 6.45) is 3.38. The maximum Gasteiger partial charge on any atom is 0.234 e. The molecule has 0 spiro atoms. The van der Waals surface area contributed by atoms with Crippen LogP contribution >= 0.6 is 12.4 Å². The summed E-state index contributed by atoms with van der Waals surface area (Å²) in [6.45, 7) is 9.04. The molecule has 184 valence electrons. The van der Waals surface area contributed by atoms with Crippen molar-refractivity contribution < 1.29 is 18.7 Å². The fourth-order valence-corrected chi connectivity index (χ4v) is 4.51. The summed E-state index contributed by atoms with van der Waals surface area (Å²) in [4.78, 5) is 30.8. The first-order valence-electron chi connectivity index (χ1n) is 11.9. The second-order valence-electron chi connectivity index (χ2n) is 9.40. The number of nitrogens with zero attached hydrogens (tertiary/aromatic N) is 3. The lowest BCUT2D eigenvalue weighted by Gasteiger charge is -2.37. The first-order valence-corrected chi connectivity index (χ1v) is 11.9. The van der Waals surface area contributed by atoms with Gasteiger partial charge in [0.2, 0.25) is 11.8 Å². The summed E-state index contributed by atoms with van der Waals surface area (Å²) in [7, 11) is 0. The number of likely N-dealkylation sites (tertiary alicyclic amines) is 1. The monoisotopic (exact) mass is 482 g/mol. The molecule has 1 atom stereocenters. The molecule has 2 amide bonds. The zero-order valence-electron chi connectivity index (χ0n) is 19.6. The minimum absolute atomic E-state index is 0. The number of imide groups is 1. The van der Waals surface area contributed by atoms with E-state index in [0.29, 0.717) is 31.3 Å². The van der Waals surface area contributed by atoms with Crippen LogP contribution < -0.4 is 15.0 Å². The highest BCUT2D eigenvalue weighted by Crippen LogP contribution is 2.32. The van der Waals surface area contributed by atoms with Gasteiger partial charge in [0.05, 0.1) is 17.7 Å². The van der Waals surface area contributed by atoms with Crippen LogP contribution in [0.3, 0.4) is 0 Å². The van der Waals surface area contributed by atoms with Gasteiger partial charge in [-0.15, -0.1) is 12.4 Å². The van der Waals surface area contributed by atoms with Crippen LogP contribution in [0.15, 0.2) is 18.2 Å². The molecule has 0 bridgehead atoms. The van der Waals surface area contributed by atoms with Crippen LogP contribution in [-0.2, 0) is 9.59 Å². The Labute approximate surface area is 202 Å². The Kier molecular flexibility index (Phi) is 8.95. The van der Waals surface area contributed by atoms with Crippen LogP contribution in [0.2, 0.25) is 0 Å². The number of halogens is 2. The smallest absolute Gasteiger partial charge is 0.234 e. The molecule has 2 saturated heterocycles. The van der Waals surface area contributed by atoms with E-state index in [0.717, 1.165) is 44.8 Å². The molecule has 2 heterocycles. The molecule has 1 aromatic carbocycles. The summed E-state index contributed by atoms with van der Waals surface area (Å²) in [5, 5.41) is 3.37. The van der Waals surface area contributed by atoms with Crippen LogP contribution in [-0.4, -0.2) is 79.6 Å². The van der Waals surface area contributed by atoms with Crippen LogP contribution in [0, 0.1) is 11.7 Å². The number of anilines is 1. The number of piperazine rings is 1. The molecule has 0 aromatic heterocycles. The highest BCUT2D eigenvalue weighted by atomic mass is 35.5. The predicted molar refractivity (Wildman–Crippen MR) is 129 cm³/mol. The third kappa shape index (κ3) is 6.58. The molecule has 1 aliphatic carbocycles. The Morgan fingerprint density at radius 3 is 2.52 bits per heavy atom. The topological polar surface area (TPSA) is 65.1 Å². The number of ether oxygens (including phenoxy) is 1. The Bertz CT molecular complexity index is 828. The van der Waals surface area contributed by atoms with Crippen molar-refractivity contribution in [2.24, 2.45) is 5.92 Å². The number of hydrogen-bond donors (Lipinski definition) is 1. The van der Waals surface area contributed by atoms with Gasteiger partial charge in [0.1, 0.15) is 0 Å². The molecule has 1 N–H and O–H groups in total. The number of para-hydroxylation sites is 1. The molecule has 4 rings (SSSR count). The Balaban J connectivity index is 0.00000306. The largest absolute Gasteiger partial charge is 0.486 e. The SMILES string of the molecule is CC(C)Oc1c(F)cccc1N1CCN(CCCN2C(=O)CC(CNC3CC3)C2=O)CC1.Cl. The van der Waals surface area contributed by atoms with Gasteiger partial charge in [-0.05, 0) is 51.8 Å². The van der Waals surface area contributed by atoms with Crippen molar-refractivity contribution in [3.63, 3.8) is 0 Å². The third-order valence-corrected chi connectivity index (χ3v) is 6.44. The Hall–Kier alpha value is -1.90. The van der Waals surface area contributed by atoms with Crippen molar-refractivity contribution in [3.8, 4) is 5.75 Å². The summed E-state index contributed by atoms with van der Waals surface area (Å²) in [5.41, 5.74) is 0.803. The first kappa shape index (κ1) is 25.7. The number of carbonyl (C=O) groups excluding carboxylic acids is 2. The fraction of sp³-hybridized carbons (Fsp3) is 0.667. The highest BCUT2D eigenvalue weighted by Gasteiger charge is 2.38. The minimum Gasteiger partial charge on any atom is -0.486 e. The average Bonchev–Trinajstić information content (AvgIpc) is 3.55. The van der Waals surface area contributed by atoms with E-state index in [-0.39, 0.29) is 42.1 Å². The molecule has 7 nitrogen and oxygen atoms in total. The molecule has 3 fully saturated rings. The van der Waals surface area contributed by atoms with Crippen LogP contribution in [0.25, 0.3) is 0 Å². The maximum absolute atomic E-state index is 14.3. The highest BCUT2D eigenvalue weighted by molar-refractivity contribution is 6.03.